The van der Waals surface area contributed by atoms with Gasteiger partial charge in [0.15, 0.2) is 0 Å². The van der Waals surface area contributed by atoms with Crippen LogP contribution in [-0.4, -0.2) is 11.5 Å². The molecule has 102 valence electrons. The molecule has 1 aromatic heterocycles. The Hall–Kier alpha value is -1.33. The normalized spacial score (nSPS) is 10.9. The Morgan fingerprint density at radius 2 is 1.89 bits per heavy atom. The summed E-state index contributed by atoms with van der Waals surface area (Å²) in [5.74, 6) is -1.09. The van der Waals surface area contributed by atoms with Crippen molar-refractivity contribution in [2.75, 3.05) is 6.54 Å². The monoisotopic (exact) mass is 282 g/mol. The molecule has 2 nitrogen and oxygen atoms in total. The van der Waals surface area contributed by atoms with Gasteiger partial charge in [0.1, 0.15) is 11.6 Å². The second kappa shape index (κ2) is 6.21. The van der Waals surface area contributed by atoms with Crippen molar-refractivity contribution in [3.8, 4) is 0 Å². The summed E-state index contributed by atoms with van der Waals surface area (Å²) in [6.07, 6.45) is 0.465. The van der Waals surface area contributed by atoms with E-state index in [-0.39, 0.29) is 0 Å². The molecule has 0 spiro atoms. The lowest BCUT2D eigenvalue weighted by Gasteiger charge is -1.99. The highest BCUT2D eigenvalue weighted by Crippen LogP contribution is 2.21. The summed E-state index contributed by atoms with van der Waals surface area (Å²) in [7, 11) is 0. The van der Waals surface area contributed by atoms with Crippen molar-refractivity contribution in [3.05, 3.63) is 51.0 Å². The third-order valence-corrected chi connectivity index (χ3v) is 3.91. The molecule has 0 unspecified atom stereocenters. The van der Waals surface area contributed by atoms with Gasteiger partial charge in [-0.05, 0) is 31.2 Å². The molecule has 1 heterocycles. The minimum atomic E-state index is -0.545. The first-order valence-corrected chi connectivity index (χ1v) is 7.01. The van der Waals surface area contributed by atoms with Crippen LogP contribution in [0.5, 0.6) is 0 Å². The van der Waals surface area contributed by atoms with E-state index in [1.54, 1.807) is 11.3 Å². The Labute approximate surface area is 115 Å². The van der Waals surface area contributed by atoms with Gasteiger partial charge in [0.05, 0.1) is 10.7 Å². The van der Waals surface area contributed by atoms with Gasteiger partial charge in [-0.2, -0.15) is 0 Å². The van der Waals surface area contributed by atoms with Crippen LogP contribution in [0, 0.1) is 18.6 Å². The molecule has 19 heavy (non-hydrogen) atoms. The number of aryl methyl sites for hydroxylation is 1. The number of nitrogens with zero attached hydrogens (tertiary/aromatic N) is 1. The highest BCUT2D eigenvalue weighted by molar-refractivity contribution is 7.11. The topological polar surface area (TPSA) is 24.9 Å². The predicted octanol–water partition coefficient (Wildman–Crippen LogP) is 3.43. The zero-order valence-electron chi connectivity index (χ0n) is 11.0. The van der Waals surface area contributed by atoms with Gasteiger partial charge >= 0.3 is 0 Å². The van der Waals surface area contributed by atoms with Crippen LogP contribution < -0.4 is 5.32 Å². The molecule has 0 saturated heterocycles. The van der Waals surface area contributed by atoms with Gasteiger partial charge in [0.25, 0.3) is 0 Å². The van der Waals surface area contributed by atoms with E-state index in [4.69, 9.17) is 0 Å². The highest BCUT2D eigenvalue weighted by Gasteiger charge is 2.09. The van der Waals surface area contributed by atoms with Gasteiger partial charge in [0.2, 0.25) is 0 Å². The summed E-state index contributed by atoms with van der Waals surface area (Å²) in [5.41, 5.74) is 1.60. The largest absolute Gasteiger partial charge is 0.312 e. The fourth-order valence-electron chi connectivity index (χ4n) is 1.85. The molecular weight excluding hydrogens is 266 g/mol. The van der Waals surface area contributed by atoms with Gasteiger partial charge in [-0.1, -0.05) is 6.92 Å². The first-order chi connectivity index (χ1) is 9.08. The summed E-state index contributed by atoms with van der Waals surface area (Å²) in [5, 5.41) is 4.14. The number of thiazole rings is 1. The molecule has 0 aliphatic rings. The fourth-order valence-corrected chi connectivity index (χ4v) is 2.93. The lowest BCUT2D eigenvalue weighted by Crippen LogP contribution is -2.11. The molecule has 0 bridgehead atoms. The minimum Gasteiger partial charge on any atom is -0.312 e. The van der Waals surface area contributed by atoms with E-state index in [1.807, 2.05) is 13.8 Å². The standard InChI is InChI=1S/C14H16F2N2S/c1-3-17-8-13-9(2)18-14(19-13)6-10-4-11(15)7-12(16)5-10/h4-5,7,17H,3,6,8H2,1-2H3. The number of aromatic nitrogens is 1. The van der Waals surface area contributed by atoms with Gasteiger partial charge in [-0.15, -0.1) is 11.3 Å². The molecule has 0 aliphatic heterocycles. The number of halogens is 2. The number of hydrogen-bond donors (Lipinski definition) is 1. The Morgan fingerprint density at radius 3 is 2.53 bits per heavy atom. The quantitative estimate of drug-likeness (QED) is 0.909. The number of benzene rings is 1. The van der Waals surface area contributed by atoms with E-state index >= 15 is 0 Å². The molecule has 1 N–H and O–H groups in total. The van der Waals surface area contributed by atoms with Crippen molar-refractivity contribution < 1.29 is 8.78 Å². The molecule has 0 aliphatic carbocycles. The summed E-state index contributed by atoms with van der Waals surface area (Å²) in [6, 6.07) is 3.58. The van der Waals surface area contributed by atoms with E-state index in [1.165, 1.54) is 17.0 Å². The molecule has 1 aromatic carbocycles. The molecule has 2 rings (SSSR count). The van der Waals surface area contributed by atoms with E-state index in [2.05, 4.69) is 10.3 Å². The molecule has 0 fully saturated rings. The first kappa shape index (κ1) is 14.1. The van der Waals surface area contributed by atoms with Crippen molar-refractivity contribution in [3.63, 3.8) is 0 Å². The smallest absolute Gasteiger partial charge is 0.126 e. The molecule has 0 amide bonds. The maximum atomic E-state index is 13.1. The molecular formula is C14H16F2N2S. The average molecular weight is 282 g/mol. The van der Waals surface area contributed by atoms with Gasteiger partial charge in [0, 0.05) is 23.9 Å². The Bertz CT molecular complexity index is 546. The molecule has 0 atom stereocenters. The third kappa shape index (κ3) is 3.81. The van der Waals surface area contributed by atoms with Crippen molar-refractivity contribution in [2.45, 2.75) is 26.8 Å². The number of nitrogens with one attached hydrogen (secondary N) is 1. The zero-order chi connectivity index (χ0) is 13.8. The van der Waals surface area contributed by atoms with Crippen molar-refractivity contribution in [2.24, 2.45) is 0 Å². The van der Waals surface area contributed by atoms with E-state index in [0.29, 0.717) is 12.0 Å². The lowest BCUT2D eigenvalue weighted by atomic mass is 10.1. The van der Waals surface area contributed by atoms with Crippen LogP contribution in [0.4, 0.5) is 8.78 Å². The molecule has 2 aromatic rings. The number of hydrogen-bond acceptors (Lipinski definition) is 3. The van der Waals surface area contributed by atoms with E-state index < -0.39 is 11.6 Å². The maximum absolute atomic E-state index is 13.1. The maximum Gasteiger partial charge on any atom is 0.126 e. The average Bonchev–Trinajstić information content (AvgIpc) is 2.65. The fraction of sp³-hybridized carbons (Fsp3) is 0.357. The van der Waals surface area contributed by atoms with Gasteiger partial charge in [-0.25, -0.2) is 13.8 Å². The SMILES string of the molecule is CCNCc1sc(Cc2cc(F)cc(F)c2)nc1C. The van der Waals surface area contributed by atoms with Gasteiger partial charge in [-0.3, -0.25) is 0 Å². The highest BCUT2D eigenvalue weighted by atomic mass is 32.1. The van der Waals surface area contributed by atoms with E-state index in [9.17, 15) is 8.78 Å². The van der Waals surface area contributed by atoms with Crippen LogP contribution in [0.1, 0.15) is 28.1 Å². The van der Waals surface area contributed by atoms with Crippen LogP contribution >= 0.6 is 11.3 Å². The molecule has 5 heteroatoms. The van der Waals surface area contributed by atoms with Gasteiger partial charge < -0.3 is 5.32 Å². The lowest BCUT2D eigenvalue weighted by molar-refractivity contribution is 0.580. The predicted molar refractivity (Wildman–Crippen MR) is 73.4 cm³/mol. The van der Waals surface area contributed by atoms with Crippen LogP contribution in [0.15, 0.2) is 18.2 Å². The Morgan fingerprint density at radius 1 is 1.21 bits per heavy atom. The summed E-state index contributed by atoms with van der Waals surface area (Å²) in [6.45, 7) is 5.70. The minimum absolute atomic E-state index is 0.465. The van der Waals surface area contributed by atoms with E-state index in [0.717, 1.165) is 29.9 Å². The first-order valence-electron chi connectivity index (χ1n) is 6.19. The number of rotatable bonds is 5. The second-order valence-corrected chi connectivity index (χ2v) is 5.52. The van der Waals surface area contributed by atoms with Crippen LogP contribution in [0.3, 0.4) is 0 Å². The summed E-state index contributed by atoms with van der Waals surface area (Å²) >= 11 is 1.59. The zero-order valence-corrected chi connectivity index (χ0v) is 11.8. The Balaban J connectivity index is 2.14. The van der Waals surface area contributed by atoms with Crippen LogP contribution in [0.25, 0.3) is 0 Å². The van der Waals surface area contributed by atoms with Crippen molar-refractivity contribution in [1.29, 1.82) is 0 Å². The summed E-state index contributed by atoms with van der Waals surface area (Å²) < 4.78 is 26.2. The molecule has 0 saturated carbocycles. The van der Waals surface area contributed by atoms with Crippen molar-refractivity contribution >= 4 is 11.3 Å². The second-order valence-electron chi connectivity index (χ2n) is 4.35. The Kier molecular flexibility index (Phi) is 4.61. The van der Waals surface area contributed by atoms with Crippen molar-refractivity contribution in [1.82, 2.24) is 10.3 Å². The molecule has 0 radical (unpaired) electrons. The summed E-state index contributed by atoms with van der Waals surface area (Å²) in [4.78, 5) is 5.63. The van der Waals surface area contributed by atoms with Crippen LogP contribution in [0.2, 0.25) is 0 Å². The third-order valence-electron chi connectivity index (χ3n) is 2.75. The van der Waals surface area contributed by atoms with Crippen LogP contribution in [-0.2, 0) is 13.0 Å².